The van der Waals surface area contributed by atoms with Gasteiger partial charge in [-0.15, -0.1) is 0 Å². The molecule has 0 radical (unpaired) electrons. The molecule has 288 valence electrons. The van der Waals surface area contributed by atoms with Crippen molar-refractivity contribution in [3.63, 3.8) is 0 Å². The minimum absolute atomic E-state index is 0.0189. The lowest BCUT2D eigenvalue weighted by atomic mass is 9.88. The van der Waals surface area contributed by atoms with Crippen LogP contribution in [0.1, 0.15) is 52.7 Å². The summed E-state index contributed by atoms with van der Waals surface area (Å²) in [7, 11) is -3.03. The summed E-state index contributed by atoms with van der Waals surface area (Å²) in [6.07, 6.45) is 3.93. The summed E-state index contributed by atoms with van der Waals surface area (Å²) in [5.41, 5.74) is 7.10. The Morgan fingerprint density at radius 2 is 0.729 bits per heavy atom. The molecule has 0 amide bonds. The maximum absolute atomic E-state index is 5.04. The molecule has 10 rings (SSSR count). The second-order valence-corrected chi connectivity index (χ2v) is 21.8. The number of para-hydroxylation sites is 2. The van der Waals surface area contributed by atoms with E-state index in [-0.39, 0.29) is 10.8 Å². The first-order chi connectivity index (χ1) is 28.5. The third kappa shape index (κ3) is 5.94. The molecule has 0 aliphatic heterocycles. The number of fused-ring (bicyclic) bond motifs is 6. The Balaban J connectivity index is 1.32. The first kappa shape index (κ1) is 36.8. The molecule has 0 unspecified atom stereocenters. The molecule has 59 heavy (non-hydrogen) atoms. The molecule has 0 bridgehead atoms. The second-order valence-electron chi connectivity index (χ2n) is 18.0. The molecule has 10 aromatic rings. The normalized spacial score (nSPS) is 12.6. The van der Waals surface area contributed by atoms with E-state index in [2.05, 4.69) is 221 Å². The predicted octanol–water partition coefficient (Wildman–Crippen LogP) is 10.6. The van der Waals surface area contributed by atoms with Crippen LogP contribution in [0.2, 0.25) is 0 Å². The molecule has 0 N–H and O–H groups in total. The number of hydrogen-bond donors (Lipinski definition) is 0. The molecule has 4 nitrogen and oxygen atoms in total. The highest BCUT2D eigenvalue weighted by Crippen LogP contribution is 2.35. The number of nitrogens with zero attached hydrogens (tertiary/aromatic N) is 4. The number of aromatic nitrogens is 4. The van der Waals surface area contributed by atoms with Crippen molar-refractivity contribution in [3.05, 3.63) is 193 Å². The van der Waals surface area contributed by atoms with E-state index in [1.54, 1.807) is 0 Å². The van der Waals surface area contributed by atoms with Gasteiger partial charge in [-0.2, -0.15) is 0 Å². The van der Waals surface area contributed by atoms with Crippen LogP contribution in [0.3, 0.4) is 0 Å². The van der Waals surface area contributed by atoms with Gasteiger partial charge in [0.15, 0.2) is 8.07 Å². The Hall–Kier alpha value is -6.56. The topological polar surface area (TPSA) is 35.6 Å². The smallest absolute Gasteiger partial charge is 0.179 e. The highest BCUT2D eigenvalue weighted by molar-refractivity contribution is 7.20. The van der Waals surface area contributed by atoms with E-state index in [9.17, 15) is 0 Å². The zero-order valence-corrected chi connectivity index (χ0v) is 35.6. The fourth-order valence-electron chi connectivity index (χ4n) is 9.29. The van der Waals surface area contributed by atoms with E-state index in [0.29, 0.717) is 0 Å². The van der Waals surface area contributed by atoms with Crippen molar-refractivity contribution in [2.24, 2.45) is 0 Å². The Labute approximate surface area is 347 Å². The van der Waals surface area contributed by atoms with Gasteiger partial charge in [-0.3, -0.25) is 9.13 Å². The summed E-state index contributed by atoms with van der Waals surface area (Å²) in [6, 6.07) is 63.4. The zero-order valence-electron chi connectivity index (χ0n) is 34.6. The van der Waals surface area contributed by atoms with Gasteiger partial charge in [0.2, 0.25) is 0 Å². The maximum Gasteiger partial charge on any atom is 0.179 e. The van der Waals surface area contributed by atoms with Crippen molar-refractivity contribution >= 4 is 72.4 Å². The Morgan fingerprint density at radius 1 is 0.356 bits per heavy atom. The summed E-state index contributed by atoms with van der Waals surface area (Å²) in [6.45, 7) is 13.6. The molecule has 0 fully saturated rings. The van der Waals surface area contributed by atoms with Crippen LogP contribution in [-0.2, 0) is 10.8 Å². The molecule has 0 atom stereocenters. The van der Waals surface area contributed by atoms with E-state index in [4.69, 9.17) is 9.97 Å². The van der Waals surface area contributed by atoms with Crippen LogP contribution in [-0.4, -0.2) is 27.2 Å². The van der Waals surface area contributed by atoms with Crippen molar-refractivity contribution in [2.45, 2.75) is 52.4 Å². The fourth-order valence-corrected chi connectivity index (χ4v) is 14.0. The van der Waals surface area contributed by atoms with Crippen molar-refractivity contribution in [1.29, 1.82) is 0 Å². The van der Waals surface area contributed by atoms with Crippen LogP contribution in [0.15, 0.2) is 182 Å². The Morgan fingerprint density at radius 3 is 1.14 bits per heavy atom. The molecular weight excluding hydrogens is 733 g/mol. The number of pyridine rings is 2. The van der Waals surface area contributed by atoms with Crippen LogP contribution in [0.4, 0.5) is 0 Å². The summed E-state index contributed by atoms with van der Waals surface area (Å²) in [5, 5.41) is 10.2. The highest BCUT2D eigenvalue weighted by atomic mass is 28.3. The molecule has 6 aromatic carbocycles. The molecular formula is C54H48N4Si. The average molecular weight is 781 g/mol. The van der Waals surface area contributed by atoms with Crippen LogP contribution in [0.25, 0.3) is 55.2 Å². The summed E-state index contributed by atoms with van der Waals surface area (Å²) in [5.74, 6) is 1.87. The van der Waals surface area contributed by atoms with E-state index in [1.165, 1.54) is 53.4 Å². The summed E-state index contributed by atoms with van der Waals surface area (Å²) in [4.78, 5) is 10.1. The van der Waals surface area contributed by atoms with Gasteiger partial charge < -0.3 is 0 Å². The van der Waals surface area contributed by atoms with E-state index >= 15 is 0 Å². The monoisotopic (exact) mass is 780 g/mol. The van der Waals surface area contributed by atoms with E-state index < -0.39 is 8.07 Å². The van der Waals surface area contributed by atoms with Gasteiger partial charge in [0, 0.05) is 33.9 Å². The Bertz CT molecular complexity index is 2960. The molecule has 0 aliphatic carbocycles. The largest absolute Gasteiger partial charge is 0.294 e. The van der Waals surface area contributed by atoms with Gasteiger partial charge in [0.25, 0.3) is 0 Å². The summed E-state index contributed by atoms with van der Waals surface area (Å²) < 4.78 is 4.76. The van der Waals surface area contributed by atoms with Crippen molar-refractivity contribution < 1.29 is 0 Å². The molecule has 0 spiro atoms. The molecule has 4 aromatic heterocycles. The third-order valence-corrected chi connectivity index (χ3v) is 17.1. The second kappa shape index (κ2) is 13.8. The van der Waals surface area contributed by atoms with Gasteiger partial charge in [-0.1, -0.05) is 163 Å². The van der Waals surface area contributed by atoms with Gasteiger partial charge in [-0.25, -0.2) is 9.97 Å². The van der Waals surface area contributed by atoms with E-state index in [1.807, 2.05) is 12.4 Å². The molecule has 0 saturated heterocycles. The molecule has 0 saturated carbocycles. The van der Waals surface area contributed by atoms with Crippen LogP contribution in [0.5, 0.6) is 0 Å². The van der Waals surface area contributed by atoms with Gasteiger partial charge in [0.05, 0.1) is 22.1 Å². The fraction of sp³-hybridized carbons (Fsp3) is 0.148. The molecule has 0 aliphatic rings. The third-order valence-electron chi connectivity index (χ3n) is 12.3. The van der Waals surface area contributed by atoms with Crippen molar-refractivity contribution in [3.8, 4) is 11.6 Å². The van der Waals surface area contributed by atoms with Crippen molar-refractivity contribution in [2.75, 3.05) is 0 Å². The van der Waals surface area contributed by atoms with Crippen LogP contribution >= 0.6 is 0 Å². The minimum atomic E-state index is -3.03. The molecule has 5 heteroatoms. The SMILES string of the molecule is CC(C)(C)c1ccnc(-n2c3ccccc3c3ccc([Si](c4ccccc4)(c4ccccc4)c4ccc5c6ccccc6n(-c6cc(C(C)(C)C)ccn6)c5c4)cc32)c1. The first-order valence-electron chi connectivity index (χ1n) is 20.7. The maximum atomic E-state index is 5.04. The first-order valence-corrected chi connectivity index (χ1v) is 22.7. The lowest BCUT2D eigenvalue weighted by Gasteiger charge is -2.34. The zero-order chi connectivity index (χ0) is 40.5. The van der Waals surface area contributed by atoms with Gasteiger partial charge in [-0.05, 0) is 91.2 Å². The van der Waals surface area contributed by atoms with Gasteiger partial charge in [0.1, 0.15) is 11.6 Å². The average Bonchev–Trinajstić information content (AvgIpc) is 3.77. The predicted molar refractivity (Wildman–Crippen MR) is 252 cm³/mol. The standard InChI is InChI=1S/C54H48N4Si/c1-53(2,3)37-29-31-55-51(33-37)57-47-23-15-13-21-43(47)45-27-25-41(35-49(45)57)59(39-17-9-7-10-18-39,40-19-11-8-12-20-40)42-26-28-46-44-22-14-16-24-48(44)58(50(46)36-42)52-34-38(30-32-56-52)54(4,5)6/h7-36H,1-6H3. The minimum Gasteiger partial charge on any atom is -0.294 e. The number of hydrogen-bond acceptors (Lipinski definition) is 2. The molecule has 4 heterocycles. The van der Waals surface area contributed by atoms with Crippen LogP contribution < -0.4 is 20.7 Å². The quantitative estimate of drug-likeness (QED) is 0.124. The Kier molecular flexibility index (Phi) is 8.59. The number of rotatable bonds is 6. The van der Waals surface area contributed by atoms with Crippen molar-refractivity contribution in [1.82, 2.24) is 19.1 Å². The number of benzene rings is 6. The summed E-state index contributed by atoms with van der Waals surface area (Å²) >= 11 is 0. The van der Waals surface area contributed by atoms with Crippen LogP contribution in [0, 0.1) is 0 Å². The van der Waals surface area contributed by atoms with Gasteiger partial charge >= 0.3 is 0 Å². The lowest BCUT2D eigenvalue weighted by molar-refractivity contribution is 0.588. The van der Waals surface area contributed by atoms with E-state index in [0.717, 1.165) is 33.7 Å². The lowest BCUT2D eigenvalue weighted by Crippen LogP contribution is -2.74. The highest BCUT2D eigenvalue weighted by Gasteiger charge is 2.42.